The average molecular weight is 375 g/mol. The lowest BCUT2D eigenvalue weighted by molar-refractivity contribution is 0.618. The Hall–Kier alpha value is -3.12. The molecule has 0 fully saturated rings. The third-order valence-electron chi connectivity index (χ3n) is 4.63. The minimum absolute atomic E-state index is 0.772. The fraction of sp³-hybridized carbons (Fsp3) is 0.273. The van der Waals surface area contributed by atoms with Crippen LogP contribution in [0.5, 0.6) is 0 Å². The first-order valence-electron chi connectivity index (χ1n) is 9.67. The van der Waals surface area contributed by atoms with E-state index in [1.165, 1.54) is 0 Å². The summed E-state index contributed by atoms with van der Waals surface area (Å²) >= 11 is 0. The van der Waals surface area contributed by atoms with Gasteiger partial charge in [0.2, 0.25) is 0 Å². The van der Waals surface area contributed by atoms with Crippen molar-refractivity contribution in [3.63, 3.8) is 0 Å². The number of rotatable bonds is 9. The normalized spacial score (nSPS) is 11.2. The van der Waals surface area contributed by atoms with Crippen LogP contribution in [0.25, 0.3) is 22.4 Å². The molecule has 4 aromatic rings. The van der Waals surface area contributed by atoms with Gasteiger partial charge >= 0.3 is 0 Å². The topological polar surface area (TPSA) is 67.9 Å². The maximum absolute atomic E-state index is 5.99. The second-order valence-electron chi connectivity index (χ2n) is 6.85. The first kappa shape index (κ1) is 18.3. The molecule has 0 radical (unpaired) electrons. The molecular formula is C22H25N5O. The molecule has 0 amide bonds. The van der Waals surface area contributed by atoms with Crippen LogP contribution in [0, 0.1) is 0 Å². The van der Waals surface area contributed by atoms with Gasteiger partial charge in [0, 0.05) is 43.5 Å². The third-order valence-corrected chi connectivity index (χ3v) is 4.63. The van der Waals surface area contributed by atoms with Crippen molar-refractivity contribution in [2.24, 2.45) is 7.05 Å². The van der Waals surface area contributed by atoms with Crippen LogP contribution in [0.1, 0.15) is 18.4 Å². The quantitative estimate of drug-likeness (QED) is 0.429. The van der Waals surface area contributed by atoms with Crippen molar-refractivity contribution in [2.45, 2.75) is 19.4 Å². The van der Waals surface area contributed by atoms with Crippen LogP contribution in [-0.2, 0) is 13.6 Å². The van der Waals surface area contributed by atoms with Gasteiger partial charge in [-0.15, -0.1) is 0 Å². The highest BCUT2D eigenvalue weighted by Gasteiger charge is 2.14. The molecular weight excluding hydrogens is 350 g/mol. The summed E-state index contributed by atoms with van der Waals surface area (Å²) in [6, 6.07) is 16.0. The molecule has 3 heterocycles. The summed E-state index contributed by atoms with van der Waals surface area (Å²) in [7, 11) is 1.94. The van der Waals surface area contributed by atoms with E-state index in [1.807, 2.05) is 48.1 Å². The van der Waals surface area contributed by atoms with Gasteiger partial charge in [0.1, 0.15) is 17.1 Å². The minimum Gasteiger partial charge on any atom is -0.454 e. The van der Waals surface area contributed by atoms with Gasteiger partial charge in [-0.05, 0) is 43.7 Å². The summed E-state index contributed by atoms with van der Waals surface area (Å²) < 4.78 is 7.84. The van der Waals surface area contributed by atoms with E-state index in [2.05, 4.69) is 39.0 Å². The Morgan fingerprint density at radius 3 is 2.75 bits per heavy atom. The Balaban J connectivity index is 1.27. The predicted octanol–water partition coefficient (Wildman–Crippen LogP) is 4.21. The van der Waals surface area contributed by atoms with Crippen molar-refractivity contribution in [2.75, 3.05) is 18.4 Å². The van der Waals surface area contributed by atoms with Crippen LogP contribution in [0.15, 0.2) is 65.3 Å². The number of nitrogens with zero attached hydrogens (tertiary/aromatic N) is 3. The predicted molar refractivity (Wildman–Crippen MR) is 112 cm³/mol. The molecule has 0 atom stereocenters. The molecule has 0 aliphatic heterocycles. The first-order valence-corrected chi connectivity index (χ1v) is 9.67. The summed E-state index contributed by atoms with van der Waals surface area (Å²) in [5.74, 6) is 1.75. The monoisotopic (exact) mass is 375 g/mol. The lowest BCUT2D eigenvalue weighted by Crippen LogP contribution is -2.16. The lowest BCUT2D eigenvalue weighted by Gasteiger charge is -2.06. The Bertz CT molecular complexity index is 989. The second kappa shape index (κ2) is 8.71. The molecule has 1 aromatic carbocycles. The molecule has 0 aliphatic rings. The van der Waals surface area contributed by atoms with Gasteiger partial charge in [0.15, 0.2) is 5.76 Å². The van der Waals surface area contributed by atoms with Crippen LogP contribution in [0.4, 0.5) is 5.82 Å². The SMILES string of the molecule is Cn1cc(CNCCCCNc2ccccn2)c(-c2cc3ccccc3o2)n1. The molecule has 28 heavy (non-hydrogen) atoms. The summed E-state index contributed by atoms with van der Waals surface area (Å²) in [6.07, 6.45) is 6.04. The molecule has 6 heteroatoms. The number of aromatic nitrogens is 3. The molecule has 0 spiro atoms. The van der Waals surface area contributed by atoms with E-state index in [-0.39, 0.29) is 0 Å². The third kappa shape index (κ3) is 4.40. The molecule has 0 unspecified atom stereocenters. The number of furan rings is 1. The number of para-hydroxylation sites is 1. The number of hydrogen-bond acceptors (Lipinski definition) is 5. The number of hydrogen-bond donors (Lipinski definition) is 2. The number of anilines is 1. The van der Waals surface area contributed by atoms with Crippen molar-refractivity contribution in [1.82, 2.24) is 20.1 Å². The van der Waals surface area contributed by atoms with Crippen molar-refractivity contribution >= 4 is 16.8 Å². The molecule has 0 saturated heterocycles. The molecule has 2 N–H and O–H groups in total. The van der Waals surface area contributed by atoms with E-state index in [1.54, 1.807) is 6.20 Å². The molecule has 0 bridgehead atoms. The van der Waals surface area contributed by atoms with Gasteiger partial charge in [0.25, 0.3) is 0 Å². The Morgan fingerprint density at radius 2 is 1.89 bits per heavy atom. The van der Waals surface area contributed by atoms with Gasteiger partial charge in [-0.2, -0.15) is 5.10 Å². The van der Waals surface area contributed by atoms with Crippen molar-refractivity contribution in [1.29, 1.82) is 0 Å². The van der Waals surface area contributed by atoms with Crippen molar-refractivity contribution in [3.8, 4) is 11.5 Å². The fourth-order valence-corrected chi connectivity index (χ4v) is 3.25. The van der Waals surface area contributed by atoms with Crippen molar-refractivity contribution in [3.05, 3.63) is 66.5 Å². The van der Waals surface area contributed by atoms with E-state index in [4.69, 9.17) is 4.42 Å². The van der Waals surface area contributed by atoms with E-state index in [0.29, 0.717) is 0 Å². The average Bonchev–Trinajstić information content (AvgIpc) is 3.31. The van der Waals surface area contributed by atoms with Crippen LogP contribution < -0.4 is 10.6 Å². The van der Waals surface area contributed by atoms with E-state index in [9.17, 15) is 0 Å². The Kier molecular flexibility index (Phi) is 5.68. The number of pyridine rings is 1. The number of nitrogens with one attached hydrogen (secondary N) is 2. The molecule has 0 saturated carbocycles. The van der Waals surface area contributed by atoms with Crippen molar-refractivity contribution < 1.29 is 4.42 Å². The van der Waals surface area contributed by atoms with Crippen LogP contribution in [0.2, 0.25) is 0 Å². The number of aryl methyl sites for hydroxylation is 1. The van der Waals surface area contributed by atoms with E-state index < -0.39 is 0 Å². The first-order chi connectivity index (χ1) is 13.8. The minimum atomic E-state index is 0.772. The zero-order chi connectivity index (χ0) is 19.2. The summed E-state index contributed by atoms with van der Waals surface area (Å²) in [5.41, 5.74) is 2.94. The molecule has 144 valence electrons. The van der Waals surface area contributed by atoms with Crippen LogP contribution in [-0.4, -0.2) is 27.9 Å². The molecule has 6 nitrogen and oxygen atoms in total. The van der Waals surface area contributed by atoms with Gasteiger partial charge in [-0.3, -0.25) is 4.68 Å². The van der Waals surface area contributed by atoms with Gasteiger partial charge in [-0.1, -0.05) is 24.3 Å². The number of benzene rings is 1. The van der Waals surface area contributed by atoms with E-state index >= 15 is 0 Å². The smallest absolute Gasteiger partial charge is 0.156 e. The second-order valence-corrected chi connectivity index (χ2v) is 6.85. The maximum Gasteiger partial charge on any atom is 0.156 e. The van der Waals surface area contributed by atoms with Crippen LogP contribution in [0.3, 0.4) is 0 Å². The largest absolute Gasteiger partial charge is 0.454 e. The highest BCUT2D eigenvalue weighted by atomic mass is 16.3. The van der Waals surface area contributed by atoms with Crippen LogP contribution >= 0.6 is 0 Å². The zero-order valence-electron chi connectivity index (χ0n) is 16.1. The molecule has 0 aliphatic carbocycles. The summed E-state index contributed by atoms with van der Waals surface area (Å²) in [6.45, 7) is 2.65. The standard InChI is InChI=1S/C22H25N5O/c1-27-16-18(15-23-11-6-7-13-25-21-10-4-5-12-24-21)22(26-27)20-14-17-8-2-3-9-19(17)28-20/h2-5,8-10,12,14,16,23H,6-7,11,13,15H2,1H3,(H,24,25). The van der Waals surface area contributed by atoms with Gasteiger partial charge < -0.3 is 15.1 Å². The highest BCUT2D eigenvalue weighted by Crippen LogP contribution is 2.28. The van der Waals surface area contributed by atoms with E-state index in [0.717, 1.165) is 66.3 Å². The summed E-state index contributed by atoms with van der Waals surface area (Å²) in [4.78, 5) is 4.26. The Labute approximate surface area is 164 Å². The summed E-state index contributed by atoms with van der Waals surface area (Å²) in [5, 5.41) is 12.6. The number of unbranched alkanes of at least 4 members (excludes halogenated alkanes) is 1. The van der Waals surface area contributed by atoms with Gasteiger partial charge in [-0.25, -0.2) is 4.98 Å². The fourth-order valence-electron chi connectivity index (χ4n) is 3.25. The Morgan fingerprint density at radius 1 is 1.04 bits per heavy atom. The zero-order valence-corrected chi connectivity index (χ0v) is 16.1. The molecule has 4 rings (SSSR count). The highest BCUT2D eigenvalue weighted by molar-refractivity contribution is 5.82. The van der Waals surface area contributed by atoms with Gasteiger partial charge in [0.05, 0.1) is 0 Å². The number of fused-ring (bicyclic) bond motifs is 1. The maximum atomic E-state index is 5.99. The molecule has 3 aromatic heterocycles. The lowest BCUT2D eigenvalue weighted by atomic mass is 10.2.